The van der Waals surface area contributed by atoms with Gasteiger partial charge in [-0.25, -0.2) is 16.8 Å². The molecule has 0 fully saturated rings. The summed E-state index contributed by atoms with van der Waals surface area (Å²) in [5, 5.41) is -0.104. The Labute approximate surface area is 274 Å². The maximum atomic E-state index is 12.8. The monoisotopic (exact) mass is 704 g/mol. The summed E-state index contributed by atoms with van der Waals surface area (Å²) in [6.07, 6.45) is 1.84. The van der Waals surface area contributed by atoms with Crippen molar-refractivity contribution in [1.82, 2.24) is 0 Å². The van der Waals surface area contributed by atoms with E-state index in [1.54, 1.807) is 48.5 Å². The molecule has 14 heteroatoms. The fourth-order valence-corrected chi connectivity index (χ4v) is 5.52. The summed E-state index contributed by atoms with van der Waals surface area (Å²) in [7, 11) is -6.88. The number of ketones is 4. The third-order valence-corrected chi connectivity index (χ3v) is 8.89. The van der Waals surface area contributed by atoms with E-state index in [4.69, 9.17) is 27.9 Å². The second-order valence-corrected chi connectivity index (χ2v) is 16.8. The van der Waals surface area contributed by atoms with Gasteiger partial charge in [0.1, 0.15) is 11.4 Å². The van der Waals surface area contributed by atoms with Gasteiger partial charge in [0.2, 0.25) is 0 Å². The third kappa shape index (κ3) is 12.1. The van der Waals surface area contributed by atoms with Crippen LogP contribution in [0.1, 0.15) is 75.6 Å². The van der Waals surface area contributed by atoms with E-state index in [9.17, 15) is 40.8 Å². The van der Waals surface area contributed by atoms with E-state index < -0.39 is 60.4 Å². The highest BCUT2D eigenvalue weighted by atomic mass is 35.5. The van der Waals surface area contributed by atoms with E-state index in [2.05, 4.69) is 0 Å². The van der Waals surface area contributed by atoms with E-state index in [1.807, 2.05) is 0 Å². The summed E-state index contributed by atoms with van der Waals surface area (Å²) in [6.45, 7) is 11.4. The Kier molecular flexibility index (Phi) is 13.9. The Morgan fingerprint density at radius 2 is 1.16 bits per heavy atom. The van der Waals surface area contributed by atoms with Crippen molar-refractivity contribution in [2.45, 2.75) is 70.3 Å². The van der Waals surface area contributed by atoms with Gasteiger partial charge in [-0.3, -0.25) is 24.0 Å². The molecule has 2 aromatic rings. The fourth-order valence-electron chi connectivity index (χ4n) is 3.54. The number of sulfone groups is 2. The van der Waals surface area contributed by atoms with Gasteiger partial charge in [-0.1, -0.05) is 50.9 Å². The lowest BCUT2D eigenvalue weighted by molar-refractivity contribution is -0.160. The highest BCUT2D eigenvalue weighted by molar-refractivity contribution is 7.91. The minimum Gasteiger partial charge on any atom is -0.459 e. The van der Waals surface area contributed by atoms with Crippen molar-refractivity contribution < 1.29 is 45.5 Å². The van der Waals surface area contributed by atoms with Crippen LogP contribution in [-0.4, -0.2) is 64.1 Å². The SMILES string of the molecule is CC(C)C(=O)C(C(=O)OC(C)(C)C)C(=O)c1ccc(S(C)(=O)=O)cc1Cl.CC(C)C(=O)CC(=O)c1ccc(S(C)(=O)=O)cc1Cl. The summed E-state index contributed by atoms with van der Waals surface area (Å²) in [4.78, 5) is 61.1. The molecule has 0 bridgehead atoms. The first-order valence-electron chi connectivity index (χ1n) is 13.6. The van der Waals surface area contributed by atoms with Gasteiger partial charge in [-0.15, -0.1) is 0 Å². The Hall–Kier alpha value is -2.93. The third-order valence-electron chi connectivity index (χ3n) is 6.04. The number of esters is 1. The smallest absolute Gasteiger partial charge is 0.325 e. The number of halogens is 2. The maximum Gasteiger partial charge on any atom is 0.325 e. The molecule has 0 aliphatic rings. The van der Waals surface area contributed by atoms with Crippen LogP contribution in [0.4, 0.5) is 0 Å². The summed E-state index contributed by atoms with van der Waals surface area (Å²) in [5.74, 6) is -5.39. The lowest BCUT2D eigenvalue weighted by Crippen LogP contribution is -2.39. The molecule has 0 aliphatic carbocycles. The molecule has 1 atom stereocenters. The van der Waals surface area contributed by atoms with Crippen LogP contribution < -0.4 is 0 Å². The van der Waals surface area contributed by atoms with Crippen molar-refractivity contribution >= 4 is 72.0 Å². The maximum absolute atomic E-state index is 12.8. The number of hydrogen-bond acceptors (Lipinski definition) is 10. The number of carbonyl (C=O) groups excluding carboxylic acids is 5. The number of Topliss-reactive ketones (excluding diaryl/α,β-unsaturated/α-hetero) is 4. The highest BCUT2D eigenvalue weighted by Gasteiger charge is 2.39. The molecular formula is C31H38Cl2O10S2. The summed E-state index contributed by atoms with van der Waals surface area (Å²) in [5.41, 5.74) is -0.816. The van der Waals surface area contributed by atoms with Gasteiger partial charge in [0, 0.05) is 35.5 Å². The van der Waals surface area contributed by atoms with Crippen LogP contribution in [0.15, 0.2) is 46.2 Å². The largest absolute Gasteiger partial charge is 0.459 e. The number of ether oxygens (including phenoxy) is 1. The van der Waals surface area contributed by atoms with Crippen LogP contribution in [0, 0.1) is 17.8 Å². The van der Waals surface area contributed by atoms with Crippen molar-refractivity contribution in [1.29, 1.82) is 0 Å². The van der Waals surface area contributed by atoms with Crippen molar-refractivity contribution in [3.8, 4) is 0 Å². The van der Waals surface area contributed by atoms with Crippen LogP contribution in [0.2, 0.25) is 10.0 Å². The molecule has 0 amide bonds. The van der Waals surface area contributed by atoms with Crippen LogP contribution in [0.5, 0.6) is 0 Å². The molecule has 0 saturated heterocycles. The molecule has 0 N–H and O–H groups in total. The van der Waals surface area contributed by atoms with Crippen molar-refractivity contribution in [3.63, 3.8) is 0 Å². The number of benzene rings is 2. The summed E-state index contributed by atoms with van der Waals surface area (Å²) in [6, 6.07) is 7.41. The van der Waals surface area contributed by atoms with Crippen LogP contribution in [0.25, 0.3) is 0 Å². The molecule has 0 spiro atoms. The molecule has 2 rings (SSSR count). The Morgan fingerprint density at radius 3 is 1.49 bits per heavy atom. The summed E-state index contributed by atoms with van der Waals surface area (Å²) >= 11 is 11.9. The first kappa shape index (κ1) is 40.1. The Bertz CT molecular complexity index is 1700. The van der Waals surface area contributed by atoms with Gasteiger partial charge in [-0.2, -0.15) is 0 Å². The first-order valence-corrected chi connectivity index (χ1v) is 18.2. The summed E-state index contributed by atoms with van der Waals surface area (Å²) < 4.78 is 51.1. The second-order valence-electron chi connectivity index (χ2n) is 11.9. The number of carbonyl (C=O) groups is 5. The van der Waals surface area contributed by atoms with Crippen LogP contribution >= 0.6 is 23.2 Å². The van der Waals surface area contributed by atoms with Gasteiger partial charge >= 0.3 is 5.97 Å². The van der Waals surface area contributed by atoms with Gasteiger partial charge in [0.05, 0.1) is 26.3 Å². The molecule has 1 unspecified atom stereocenters. The zero-order valence-electron chi connectivity index (χ0n) is 26.6. The van der Waals surface area contributed by atoms with Gasteiger partial charge in [-0.05, 0) is 57.2 Å². The average Bonchev–Trinajstić information content (AvgIpc) is 2.86. The molecule has 0 radical (unpaired) electrons. The van der Waals surface area contributed by atoms with E-state index in [0.717, 1.165) is 18.6 Å². The molecule has 0 aliphatic heterocycles. The fraction of sp³-hybridized carbons (Fsp3) is 0.452. The van der Waals surface area contributed by atoms with Crippen molar-refractivity contribution in [2.75, 3.05) is 12.5 Å². The van der Waals surface area contributed by atoms with E-state index >= 15 is 0 Å². The topological polar surface area (TPSA) is 163 Å². The molecule has 0 heterocycles. The van der Waals surface area contributed by atoms with Crippen molar-refractivity contribution in [3.05, 3.63) is 57.6 Å². The average molecular weight is 706 g/mol. The van der Waals surface area contributed by atoms with E-state index in [1.165, 1.54) is 30.3 Å². The standard InChI is InChI=1S/C18H23ClO6S.C13H15ClO4S/c1-10(2)15(20)14(17(22)25-18(3,4)5)16(21)12-8-7-11(9-13(12)19)26(6,23)24;1-8(2)12(15)7-13(16)10-5-4-9(6-11(10)14)19(3,17)18/h7-10,14H,1-6H3;4-6,8H,7H2,1-3H3. The van der Waals surface area contributed by atoms with E-state index in [0.29, 0.717) is 0 Å². The van der Waals surface area contributed by atoms with Gasteiger partial charge in [0.15, 0.2) is 42.9 Å². The molecule has 2 aromatic carbocycles. The minimum atomic E-state index is -3.51. The second kappa shape index (κ2) is 15.6. The number of hydrogen-bond donors (Lipinski definition) is 0. The van der Waals surface area contributed by atoms with Gasteiger partial charge in [0.25, 0.3) is 0 Å². The minimum absolute atomic E-state index is 0.0456. The molecular weight excluding hydrogens is 667 g/mol. The highest BCUT2D eigenvalue weighted by Crippen LogP contribution is 2.27. The normalized spacial score (nSPS) is 12.6. The Balaban J connectivity index is 0.000000472. The van der Waals surface area contributed by atoms with E-state index in [-0.39, 0.29) is 49.1 Å². The molecule has 0 aromatic heterocycles. The lowest BCUT2D eigenvalue weighted by atomic mass is 9.88. The first-order chi connectivity index (χ1) is 20.3. The zero-order chi connectivity index (χ0) is 35.2. The quantitative estimate of drug-likeness (QED) is 0.162. The molecule has 0 saturated carbocycles. The van der Waals surface area contributed by atoms with Crippen LogP contribution in [0.3, 0.4) is 0 Å². The predicted molar refractivity (Wildman–Crippen MR) is 171 cm³/mol. The molecule has 45 heavy (non-hydrogen) atoms. The Morgan fingerprint density at radius 1 is 0.733 bits per heavy atom. The zero-order valence-corrected chi connectivity index (χ0v) is 29.7. The lowest BCUT2D eigenvalue weighted by Gasteiger charge is -2.24. The molecule has 10 nitrogen and oxygen atoms in total. The van der Waals surface area contributed by atoms with Crippen molar-refractivity contribution in [2.24, 2.45) is 17.8 Å². The predicted octanol–water partition coefficient (Wildman–Crippen LogP) is 5.65. The molecule has 248 valence electrons. The van der Waals surface area contributed by atoms with Gasteiger partial charge < -0.3 is 4.74 Å². The van der Waals surface area contributed by atoms with Crippen LogP contribution in [-0.2, 0) is 38.8 Å². The number of rotatable bonds is 11.